The lowest BCUT2D eigenvalue weighted by Crippen LogP contribution is -2.62. The molecule has 0 saturated heterocycles. The summed E-state index contributed by atoms with van der Waals surface area (Å²) in [5.74, 6) is 1.47. The minimum Gasteiger partial charge on any atom is -0.390 e. The van der Waals surface area contributed by atoms with E-state index in [1.54, 1.807) is 0 Å². The zero-order valence-corrected chi connectivity index (χ0v) is 8.65. The maximum absolute atomic E-state index is 10.2. The first-order chi connectivity index (χ1) is 5.57. The maximum Gasteiger partial charge on any atom is 0.0670 e. The molecule has 0 aromatic carbocycles. The Labute approximate surface area is 85.3 Å². The highest BCUT2D eigenvalue weighted by molar-refractivity contribution is 5.85. The van der Waals surface area contributed by atoms with Crippen molar-refractivity contribution in [2.45, 2.75) is 49.7 Å². The molecular weight excluding hydrogens is 186 g/mol. The van der Waals surface area contributed by atoms with Crippen molar-refractivity contribution in [2.24, 2.45) is 17.6 Å². The Morgan fingerprint density at radius 3 is 2.00 bits per heavy atom. The van der Waals surface area contributed by atoms with Gasteiger partial charge < -0.3 is 10.8 Å². The van der Waals surface area contributed by atoms with Gasteiger partial charge in [-0.3, -0.25) is 0 Å². The first-order valence-corrected chi connectivity index (χ1v) is 5.08. The largest absolute Gasteiger partial charge is 0.390 e. The summed E-state index contributed by atoms with van der Waals surface area (Å²) in [5, 5.41) is 10.2. The highest BCUT2D eigenvalue weighted by atomic mass is 35.5. The van der Waals surface area contributed by atoms with Gasteiger partial charge in [-0.25, -0.2) is 0 Å². The number of nitrogens with two attached hydrogens (primary N) is 1. The van der Waals surface area contributed by atoms with Gasteiger partial charge in [0.05, 0.1) is 5.60 Å². The van der Waals surface area contributed by atoms with Crippen molar-refractivity contribution in [2.75, 3.05) is 0 Å². The second-order valence-corrected chi connectivity index (χ2v) is 5.55. The first kappa shape index (κ1) is 9.75. The predicted molar refractivity (Wildman–Crippen MR) is 53.8 cm³/mol. The van der Waals surface area contributed by atoms with Gasteiger partial charge in [0.25, 0.3) is 0 Å². The third-order valence-electron chi connectivity index (χ3n) is 4.08. The maximum atomic E-state index is 10.2. The van der Waals surface area contributed by atoms with E-state index < -0.39 is 0 Å². The van der Waals surface area contributed by atoms with Gasteiger partial charge in [0.15, 0.2) is 0 Å². The molecule has 0 aromatic rings. The lowest BCUT2D eigenvalue weighted by molar-refractivity contribution is -0.133. The summed E-state index contributed by atoms with van der Waals surface area (Å²) in [6.07, 6.45) is 6.61. The minimum atomic E-state index is -0.362. The Kier molecular flexibility index (Phi) is 1.96. The van der Waals surface area contributed by atoms with E-state index in [1.165, 1.54) is 19.3 Å². The molecule has 2 nitrogen and oxygen atoms in total. The topological polar surface area (TPSA) is 46.2 Å². The smallest absolute Gasteiger partial charge is 0.0670 e. The molecular formula is C10H18ClNO. The Morgan fingerprint density at radius 1 is 1.08 bits per heavy atom. The average Bonchev–Trinajstić information content (AvgIpc) is 1.75. The van der Waals surface area contributed by atoms with Crippen LogP contribution in [0.25, 0.3) is 0 Å². The van der Waals surface area contributed by atoms with Crippen LogP contribution in [0.1, 0.15) is 38.5 Å². The van der Waals surface area contributed by atoms with E-state index in [1.807, 2.05) is 0 Å². The molecule has 0 spiro atoms. The Balaban J connectivity index is 0.000000653. The van der Waals surface area contributed by atoms with Gasteiger partial charge in [0.1, 0.15) is 0 Å². The molecule has 0 amide bonds. The van der Waals surface area contributed by atoms with Gasteiger partial charge in [0, 0.05) is 5.54 Å². The Bertz CT molecular complexity index is 197. The molecule has 4 aliphatic carbocycles. The van der Waals surface area contributed by atoms with E-state index in [4.69, 9.17) is 5.73 Å². The van der Waals surface area contributed by atoms with Crippen LogP contribution in [0.3, 0.4) is 0 Å². The molecule has 0 radical (unpaired) electrons. The van der Waals surface area contributed by atoms with Crippen LogP contribution in [-0.4, -0.2) is 16.2 Å². The van der Waals surface area contributed by atoms with E-state index in [0.29, 0.717) is 0 Å². The molecule has 0 aliphatic heterocycles. The van der Waals surface area contributed by atoms with Crippen LogP contribution in [0.4, 0.5) is 0 Å². The summed E-state index contributed by atoms with van der Waals surface area (Å²) in [4.78, 5) is 0. The van der Waals surface area contributed by atoms with Gasteiger partial charge in [-0.2, -0.15) is 0 Å². The number of halogens is 1. The number of hydrogen-bond acceptors (Lipinski definition) is 2. The van der Waals surface area contributed by atoms with Crippen LogP contribution in [0.2, 0.25) is 0 Å². The molecule has 4 atom stereocenters. The van der Waals surface area contributed by atoms with Crippen molar-refractivity contribution >= 4 is 12.4 Å². The van der Waals surface area contributed by atoms with Gasteiger partial charge in [0.2, 0.25) is 0 Å². The van der Waals surface area contributed by atoms with Crippen molar-refractivity contribution < 1.29 is 5.11 Å². The van der Waals surface area contributed by atoms with Gasteiger partial charge in [-0.05, 0) is 50.4 Å². The molecule has 0 aromatic heterocycles. The molecule has 3 unspecified atom stereocenters. The highest BCUT2D eigenvalue weighted by Crippen LogP contribution is 2.56. The zero-order valence-electron chi connectivity index (χ0n) is 7.83. The molecule has 4 bridgehead atoms. The molecule has 76 valence electrons. The SMILES string of the molecule is Cl.NC12CC3C[C@@H](C1)CC(O)(C3)C2. The van der Waals surface area contributed by atoms with Crippen molar-refractivity contribution in [1.82, 2.24) is 0 Å². The highest BCUT2D eigenvalue weighted by Gasteiger charge is 2.55. The fourth-order valence-electron chi connectivity index (χ4n) is 4.28. The van der Waals surface area contributed by atoms with Crippen molar-refractivity contribution in [1.29, 1.82) is 0 Å². The summed E-state index contributed by atoms with van der Waals surface area (Å²) < 4.78 is 0. The van der Waals surface area contributed by atoms with Crippen LogP contribution < -0.4 is 5.73 Å². The molecule has 4 fully saturated rings. The molecule has 0 heterocycles. The summed E-state index contributed by atoms with van der Waals surface area (Å²) in [7, 11) is 0. The fourth-order valence-corrected chi connectivity index (χ4v) is 4.28. The first-order valence-electron chi connectivity index (χ1n) is 5.08. The van der Waals surface area contributed by atoms with Crippen molar-refractivity contribution in [3.8, 4) is 0 Å². The van der Waals surface area contributed by atoms with Crippen LogP contribution in [0.15, 0.2) is 0 Å². The predicted octanol–water partition coefficient (Wildman–Crippen LogP) is 1.45. The van der Waals surface area contributed by atoms with Gasteiger partial charge >= 0.3 is 0 Å². The van der Waals surface area contributed by atoms with Gasteiger partial charge in [-0.1, -0.05) is 0 Å². The Hall–Kier alpha value is 0.210. The summed E-state index contributed by atoms with van der Waals surface area (Å²) in [6, 6.07) is 0. The molecule has 4 saturated carbocycles. The molecule has 4 aliphatic rings. The Morgan fingerprint density at radius 2 is 1.62 bits per heavy atom. The van der Waals surface area contributed by atoms with Crippen LogP contribution in [-0.2, 0) is 0 Å². The monoisotopic (exact) mass is 203 g/mol. The molecule has 13 heavy (non-hydrogen) atoms. The number of hydrogen-bond donors (Lipinski definition) is 2. The van der Waals surface area contributed by atoms with E-state index in [9.17, 15) is 5.11 Å². The second-order valence-electron chi connectivity index (χ2n) is 5.55. The number of rotatable bonds is 0. The fraction of sp³-hybridized carbons (Fsp3) is 1.00. The quantitative estimate of drug-likeness (QED) is 0.626. The van der Waals surface area contributed by atoms with Gasteiger partial charge in [-0.15, -0.1) is 12.4 Å². The zero-order chi connectivity index (χ0) is 8.40. The van der Waals surface area contributed by atoms with E-state index in [2.05, 4.69) is 0 Å². The lowest BCUT2D eigenvalue weighted by Gasteiger charge is -2.58. The van der Waals surface area contributed by atoms with Crippen LogP contribution in [0, 0.1) is 11.8 Å². The van der Waals surface area contributed by atoms with E-state index >= 15 is 0 Å². The average molecular weight is 204 g/mol. The standard InChI is InChI=1S/C10H17NO.ClH/c11-9-2-7-1-8(3-9)5-10(12,4-7)6-9;/h7-8,12H,1-6,11H2;1H/t7-,8?,9?,10?;/m0./s1. The van der Waals surface area contributed by atoms with Crippen LogP contribution in [0.5, 0.6) is 0 Å². The van der Waals surface area contributed by atoms with Crippen LogP contribution >= 0.6 is 12.4 Å². The van der Waals surface area contributed by atoms with Crippen molar-refractivity contribution in [3.05, 3.63) is 0 Å². The van der Waals surface area contributed by atoms with E-state index in [0.717, 1.165) is 31.1 Å². The molecule has 3 N–H and O–H groups in total. The van der Waals surface area contributed by atoms with Crippen molar-refractivity contribution in [3.63, 3.8) is 0 Å². The minimum absolute atomic E-state index is 0. The molecule has 3 heteroatoms. The second kappa shape index (κ2) is 2.62. The van der Waals surface area contributed by atoms with E-state index in [-0.39, 0.29) is 23.5 Å². The molecule has 4 rings (SSSR count). The number of aliphatic hydroxyl groups is 1. The lowest BCUT2D eigenvalue weighted by atomic mass is 9.51. The third kappa shape index (κ3) is 1.39. The normalized spacial score (nSPS) is 57.7. The summed E-state index contributed by atoms with van der Waals surface area (Å²) in [6.45, 7) is 0. The summed E-state index contributed by atoms with van der Waals surface area (Å²) >= 11 is 0. The third-order valence-corrected chi connectivity index (χ3v) is 4.08. The summed E-state index contributed by atoms with van der Waals surface area (Å²) in [5.41, 5.74) is 5.90.